The van der Waals surface area contributed by atoms with E-state index in [1.165, 1.54) is 12.7 Å². The minimum atomic E-state index is -0.449. The standard InChI is InChI=1S/C26H26N6O2.C26H24N6O2/c2*1-14-9-15(2)23-21(10-14)31-26(34-23)30-17-5-3-16(4-6-17)20-12-32(18-7-8-19(33)11-18)25-22(20)24(27)28-13-29-25/h3-6,9-10,12-13,18-19,33H,7-8,11H2,1-2H3,(H,30,31)(H2,27,28,29);3-10,12-13,18-19,33H,11H2,1-2H3,(H,30,31)(H2,27,28,29)/t18-,19+;18?,19-/m10/s1. The Morgan fingerprint density at radius 3 is 1.57 bits per heavy atom. The van der Waals surface area contributed by atoms with Gasteiger partial charge in [-0.2, -0.15) is 9.97 Å². The van der Waals surface area contributed by atoms with Gasteiger partial charge in [0.2, 0.25) is 0 Å². The van der Waals surface area contributed by atoms with E-state index in [4.69, 9.17) is 20.3 Å². The van der Waals surface area contributed by atoms with E-state index < -0.39 is 6.10 Å². The number of nitrogens with zero attached hydrogens (tertiary/aromatic N) is 8. The van der Waals surface area contributed by atoms with E-state index in [1.807, 2.05) is 99.8 Å². The molecule has 2 aliphatic rings. The van der Waals surface area contributed by atoms with Crippen molar-refractivity contribution in [2.45, 2.75) is 77.7 Å². The van der Waals surface area contributed by atoms with Crippen molar-refractivity contribution in [3.8, 4) is 22.3 Å². The maximum absolute atomic E-state index is 10.0. The number of aromatic nitrogens is 8. The number of aliphatic hydroxyl groups is 2. The normalized spacial score (nSPS) is 18.0. The van der Waals surface area contributed by atoms with Crippen molar-refractivity contribution in [1.82, 2.24) is 39.0 Å². The topological polar surface area (TPSA) is 230 Å². The van der Waals surface area contributed by atoms with Crippen LogP contribution >= 0.6 is 0 Å². The Morgan fingerprint density at radius 1 is 0.603 bits per heavy atom. The summed E-state index contributed by atoms with van der Waals surface area (Å²) in [7, 11) is 0. The Balaban J connectivity index is 0.000000149. The van der Waals surface area contributed by atoms with Gasteiger partial charge in [-0.05, 0) is 117 Å². The average Bonchev–Trinajstić information content (AvgIpc) is 4.18. The zero-order valence-corrected chi connectivity index (χ0v) is 38.0. The van der Waals surface area contributed by atoms with E-state index in [2.05, 4.69) is 74.9 Å². The molecule has 0 bridgehead atoms. The molecule has 4 aromatic carbocycles. The van der Waals surface area contributed by atoms with Gasteiger partial charge in [0.05, 0.1) is 29.0 Å². The summed E-state index contributed by atoms with van der Waals surface area (Å²) in [5.41, 5.74) is 27.5. The number of nitrogen functional groups attached to an aromatic ring is 2. The first-order valence-electron chi connectivity index (χ1n) is 22.7. The van der Waals surface area contributed by atoms with Crippen LogP contribution in [0.5, 0.6) is 0 Å². The molecule has 16 heteroatoms. The SMILES string of the molecule is Cc1cc(C)c2oc(Nc3ccc(-c4cn(C5C=C[C@H](O)C5)c5ncnc(N)c45)cc3)nc2c1.Cc1cc(C)c2oc(Nc3ccc(-c4cn([C@@H]5CC[C@H](O)C5)c5ncnc(N)c45)cc3)nc2c1. The molecule has 0 amide bonds. The van der Waals surface area contributed by atoms with Crippen LogP contribution in [0.25, 0.3) is 66.5 Å². The summed E-state index contributed by atoms with van der Waals surface area (Å²) in [6.45, 7) is 8.15. The van der Waals surface area contributed by atoms with E-state index in [1.54, 1.807) is 0 Å². The summed E-state index contributed by atoms with van der Waals surface area (Å²) in [5, 5.41) is 28.2. The van der Waals surface area contributed by atoms with Gasteiger partial charge >= 0.3 is 0 Å². The molecule has 12 rings (SSSR count). The second kappa shape index (κ2) is 17.0. The summed E-state index contributed by atoms with van der Waals surface area (Å²) in [4.78, 5) is 26.6. The Labute approximate surface area is 390 Å². The first kappa shape index (κ1) is 42.5. The molecule has 16 nitrogen and oxygen atoms in total. The third-order valence-electron chi connectivity index (χ3n) is 13.0. The molecule has 6 heterocycles. The molecule has 2 aliphatic carbocycles. The van der Waals surface area contributed by atoms with Crippen LogP contribution in [-0.2, 0) is 0 Å². The summed E-state index contributed by atoms with van der Waals surface area (Å²) in [6, 6.07) is 25.4. The fourth-order valence-corrected chi connectivity index (χ4v) is 9.81. The molecule has 1 fully saturated rings. The summed E-state index contributed by atoms with van der Waals surface area (Å²) in [5.74, 6) is 0.886. The van der Waals surface area contributed by atoms with Crippen molar-refractivity contribution < 1.29 is 19.0 Å². The second-order valence-electron chi connectivity index (χ2n) is 18.0. The largest absolute Gasteiger partial charge is 0.423 e. The number of benzene rings is 4. The molecule has 10 aromatic rings. The van der Waals surface area contributed by atoms with Crippen LogP contribution in [-0.4, -0.2) is 61.5 Å². The molecule has 4 atom stereocenters. The van der Waals surface area contributed by atoms with Crippen molar-refractivity contribution in [3.63, 3.8) is 0 Å². The monoisotopic (exact) mass is 906 g/mol. The molecule has 1 unspecified atom stereocenters. The highest BCUT2D eigenvalue weighted by Gasteiger charge is 2.28. The molecular formula is C52H50N12O4. The fraction of sp³-hybridized carbons (Fsp3) is 0.231. The van der Waals surface area contributed by atoms with Gasteiger partial charge in [0.25, 0.3) is 12.0 Å². The van der Waals surface area contributed by atoms with Crippen LogP contribution in [0.3, 0.4) is 0 Å². The number of fused-ring (bicyclic) bond motifs is 4. The smallest absolute Gasteiger partial charge is 0.300 e. The van der Waals surface area contributed by atoms with Gasteiger partial charge in [-0.25, -0.2) is 19.9 Å². The van der Waals surface area contributed by atoms with E-state index in [0.717, 1.165) is 119 Å². The summed E-state index contributed by atoms with van der Waals surface area (Å²) < 4.78 is 16.1. The van der Waals surface area contributed by atoms with Gasteiger partial charge in [0.1, 0.15) is 46.6 Å². The van der Waals surface area contributed by atoms with Crippen molar-refractivity contribution in [2.75, 3.05) is 22.1 Å². The minimum Gasteiger partial charge on any atom is -0.423 e. The lowest BCUT2D eigenvalue weighted by Gasteiger charge is -2.12. The number of nitrogens with two attached hydrogens (primary N) is 2. The van der Waals surface area contributed by atoms with Gasteiger partial charge in [0.15, 0.2) is 11.2 Å². The van der Waals surface area contributed by atoms with Gasteiger partial charge in [-0.1, -0.05) is 48.6 Å². The third kappa shape index (κ3) is 7.92. The molecule has 0 saturated heterocycles. The molecule has 342 valence electrons. The molecular weight excluding hydrogens is 857 g/mol. The van der Waals surface area contributed by atoms with Crippen molar-refractivity contribution in [1.29, 1.82) is 0 Å². The first-order valence-corrected chi connectivity index (χ1v) is 22.7. The van der Waals surface area contributed by atoms with Crippen molar-refractivity contribution >= 4 is 79.3 Å². The van der Waals surface area contributed by atoms with Gasteiger partial charge in [0, 0.05) is 47.4 Å². The Hall–Kier alpha value is -8.08. The fourth-order valence-electron chi connectivity index (χ4n) is 9.81. The molecule has 1 saturated carbocycles. The Morgan fingerprint density at radius 2 is 1.10 bits per heavy atom. The van der Waals surface area contributed by atoms with E-state index in [9.17, 15) is 10.2 Å². The van der Waals surface area contributed by atoms with Crippen LogP contribution in [0.15, 0.2) is 119 Å². The highest BCUT2D eigenvalue weighted by atomic mass is 16.4. The molecule has 0 spiro atoms. The zero-order chi connectivity index (χ0) is 46.8. The first-order chi connectivity index (χ1) is 32.9. The lowest BCUT2D eigenvalue weighted by molar-refractivity contribution is 0.178. The molecule has 8 N–H and O–H groups in total. The number of nitrogens with one attached hydrogen (secondary N) is 2. The number of rotatable bonds is 8. The maximum atomic E-state index is 10.0. The predicted molar refractivity (Wildman–Crippen MR) is 266 cm³/mol. The molecule has 0 radical (unpaired) electrons. The Kier molecular flexibility index (Phi) is 10.6. The molecule has 6 aromatic heterocycles. The molecule has 68 heavy (non-hydrogen) atoms. The number of anilines is 6. The number of allylic oxidation sites excluding steroid dienone is 1. The average molecular weight is 907 g/mol. The lowest BCUT2D eigenvalue weighted by atomic mass is 10.1. The van der Waals surface area contributed by atoms with Gasteiger partial charge in [-0.3, -0.25) is 0 Å². The van der Waals surface area contributed by atoms with Crippen molar-refractivity contribution in [2.24, 2.45) is 0 Å². The number of hydrogen-bond donors (Lipinski definition) is 6. The van der Waals surface area contributed by atoms with E-state index in [0.29, 0.717) is 30.1 Å². The highest BCUT2D eigenvalue weighted by Crippen LogP contribution is 2.40. The predicted octanol–water partition coefficient (Wildman–Crippen LogP) is 10.3. The highest BCUT2D eigenvalue weighted by molar-refractivity contribution is 6.02. The second-order valence-corrected chi connectivity index (χ2v) is 18.0. The lowest BCUT2D eigenvalue weighted by Crippen LogP contribution is -2.08. The van der Waals surface area contributed by atoms with Gasteiger partial charge in [-0.15, -0.1) is 0 Å². The van der Waals surface area contributed by atoms with E-state index >= 15 is 0 Å². The summed E-state index contributed by atoms with van der Waals surface area (Å²) in [6.07, 6.45) is 13.3. The number of aliphatic hydroxyl groups excluding tert-OH is 2. The molecule has 0 aliphatic heterocycles. The van der Waals surface area contributed by atoms with Gasteiger partial charge < -0.3 is 50.3 Å². The number of aryl methyl sites for hydroxylation is 4. The van der Waals surface area contributed by atoms with E-state index in [-0.39, 0.29) is 18.2 Å². The zero-order valence-electron chi connectivity index (χ0n) is 38.0. The van der Waals surface area contributed by atoms with Crippen LogP contribution in [0.4, 0.5) is 35.0 Å². The van der Waals surface area contributed by atoms with Crippen LogP contribution < -0.4 is 22.1 Å². The van der Waals surface area contributed by atoms with Crippen LogP contribution in [0.1, 0.15) is 60.0 Å². The third-order valence-corrected chi connectivity index (χ3v) is 13.0. The Bertz CT molecular complexity index is 3550. The quantitative estimate of drug-likeness (QED) is 0.0780. The number of hydrogen-bond acceptors (Lipinski definition) is 14. The minimum absolute atomic E-state index is 0.0211. The summed E-state index contributed by atoms with van der Waals surface area (Å²) >= 11 is 0. The van der Waals surface area contributed by atoms with Crippen LogP contribution in [0.2, 0.25) is 0 Å². The maximum Gasteiger partial charge on any atom is 0.300 e. The van der Waals surface area contributed by atoms with Crippen molar-refractivity contribution in [3.05, 3.63) is 132 Å². The van der Waals surface area contributed by atoms with Crippen LogP contribution in [0, 0.1) is 27.7 Å². The number of oxazole rings is 2.